The molecular formula is C20H23N3OS4. The zero-order valence-corrected chi connectivity index (χ0v) is 19.1. The molecule has 1 N–H and O–H groups in total. The third-order valence-corrected chi connectivity index (χ3v) is 8.19. The fourth-order valence-electron chi connectivity index (χ4n) is 2.42. The normalized spacial score (nSPS) is 11.1. The van der Waals surface area contributed by atoms with Crippen LogP contribution in [0.4, 0.5) is 0 Å². The Labute approximate surface area is 182 Å². The summed E-state index contributed by atoms with van der Waals surface area (Å²) in [6, 6.07) is 12.9. The van der Waals surface area contributed by atoms with Crippen LogP contribution in [0, 0.1) is 0 Å². The summed E-state index contributed by atoms with van der Waals surface area (Å²) in [6.45, 7) is 5.08. The Morgan fingerprint density at radius 1 is 1.11 bits per heavy atom. The van der Waals surface area contributed by atoms with Gasteiger partial charge in [0, 0.05) is 17.2 Å². The largest absolute Gasteiger partial charge is 0.355 e. The van der Waals surface area contributed by atoms with Gasteiger partial charge in [0.05, 0.1) is 5.75 Å². The first kappa shape index (κ1) is 21.4. The number of benzene rings is 1. The molecular weight excluding hydrogens is 427 g/mol. The first-order valence-electron chi connectivity index (χ1n) is 9.07. The number of aromatic nitrogens is 2. The fraction of sp³-hybridized carbons (Fsp3) is 0.350. The molecule has 0 aliphatic heterocycles. The van der Waals surface area contributed by atoms with E-state index in [0.717, 1.165) is 20.9 Å². The van der Waals surface area contributed by atoms with Crippen LogP contribution >= 0.6 is 46.2 Å². The van der Waals surface area contributed by atoms with Crippen molar-refractivity contribution in [3.8, 4) is 0 Å². The molecule has 0 radical (unpaired) electrons. The predicted molar refractivity (Wildman–Crippen MR) is 122 cm³/mol. The molecule has 0 bridgehead atoms. The van der Waals surface area contributed by atoms with Gasteiger partial charge in [0.25, 0.3) is 0 Å². The molecule has 1 amide bonds. The van der Waals surface area contributed by atoms with Crippen molar-refractivity contribution in [3.63, 3.8) is 0 Å². The van der Waals surface area contributed by atoms with Crippen LogP contribution in [-0.4, -0.2) is 28.4 Å². The Kier molecular flexibility index (Phi) is 8.39. The number of carbonyl (C=O) groups excluding carboxylic acids is 1. The topological polar surface area (TPSA) is 54.9 Å². The Morgan fingerprint density at radius 2 is 1.86 bits per heavy atom. The van der Waals surface area contributed by atoms with E-state index in [2.05, 4.69) is 65.1 Å². The Balaban J connectivity index is 1.37. The molecule has 0 atom stereocenters. The number of rotatable bonds is 10. The van der Waals surface area contributed by atoms with Crippen LogP contribution in [0.2, 0.25) is 0 Å². The van der Waals surface area contributed by atoms with Gasteiger partial charge in [0.1, 0.15) is 0 Å². The predicted octanol–water partition coefficient (Wildman–Crippen LogP) is 5.47. The first-order valence-corrected chi connectivity index (χ1v) is 12.7. The highest BCUT2D eigenvalue weighted by Gasteiger charge is 2.09. The van der Waals surface area contributed by atoms with Crippen molar-refractivity contribution in [2.45, 2.75) is 40.6 Å². The molecule has 0 spiro atoms. The lowest BCUT2D eigenvalue weighted by Crippen LogP contribution is -2.27. The van der Waals surface area contributed by atoms with Crippen LogP contribution in [0.5, 0.6) is 0 Å². The van der Waals surface area contributed by atoms with Gasteiger partial charge in [-0.1, -0.05) is 79.0 Å². The van der Waals surface area contributed by atoms with Crippen LogP contribution in [0.3, 0.4) is 0 Å². The van der Waals surface area contributed by atoms with Gasteiger partial charge in [-0.05, 0) is 34.9 Å². The van der Waals surface area contributed by atoms with Crippen molar-refractivity contribution in [1.29, 1.82) is 0 Å². The number of thiophene rings is 1. The minimum absolute atomic E-state index is 0.0381. The minimum Gasteiger partial charge on any atom is -0.355 e. The van der Waals surface area contributed by atoms with E-state index in [4.69, 9.17) is 0 Å². The summed E-state index contributed by atoms with van der Waals surface area (Å²) in [7, 11) is 0. The number of thioether (sulfide) groups is 2. The summed E-state index contributed by atoms with van der Waals surface area (Å²) in [6.07, 6.45) is 0.881. The van der Waals surface area contributed by atoms with Crippen molar-refractivity contribution in [3.05, 3.63) is 57.8 Å². The maximum absolute atomic E-state index is 12.0. The minimum atomic E-state index is 0.0381. The molecule has 0 saturated carbocycles. The molecule has 2 heterocycles. The van der Waals surface area contributed by atoms with E-state index in [0.29, 0.717) is 18.2 Å². The molecule has 0 saturated heterocycles. The molecule has 0 aliphatic rings. The van der Waals surface area contributed by atoms with Gasteiger partial charge in [-0.25, -0.2) is 0 Å². The average Bonchev–Trinajstić information content (AvgIpc) is 3.37. The summed E-state index contributed by atoms with van der Waals surface area (Å²) in [5.74, 6) is 1.84. The van der Waals surface area contributed by atoms with Crippen molar-refractivity contribution in [2.24, 2.45) is 0 Å². The lowest BCUT2D eigenvalue weighted by Gasteiger charge is -2.06. The molecule has 1 aromatic carbocycles. The highest BCUT2D eigenvalue weighted by atomic mass is 32.2. The smallest absolute Gasteiger partial charge is 0.230 e. The molecule has 3 rings (SSSR count). The molecule has 148 valence electrons. The standard InChI is InChI=1S/C20H23N3OS4/c1-14(2)16-7-5-15(6-8-16)12-26-19-22-23-20(28-19)27-13-18(24)21-10-9-17-4-3-11-25-17/h3-8,11,14H,9-10,12-13H2,1-2H3,(H,21,24). The zero-order chi connectivity index (χ0) is 19.8. The number of hydrogen-bond acceptors (Lipinski definition) is 7. The van der Waals surface area contributed by atoms with E-state index in [1.54, 1.807) is 34.4 Å². The van der Waals surface area contributed by atoms with Gasteiger partial charge < -0.3 is 5.32 Å². The van der Waals surface area contributed by atoms with Crippen LogP contribution in [0.15, 0.2) is 50.5 Å². The fourth-order valence-corrected chi connectivity index (χ4v) is 5.93. The second kappa shape index (κ2) is 11.0. The highest BCUT2D eigenvalue weighted by molar-refractivity contribution is 8.03. The quantitative estimate of drug-likeness (QED) is 0.416. The highest BCUT2D eigenvalue weighted by Crippen LogP contribution is 2.30. The van der Waals surface area contributed by atoms with Gasteiger partial charge in [-0.3, -0.25) is 4.79 Å². The molecule has 0 unspecified atom stereocenters. The van der Waals surface area contributed by atoms with E-state index in [1.165, 1.54) is 27.8 Å². The monoisotopic (exact) mass is 449 g/mol. The van der Waals surface area contributed by atoms with Gasteiger partial charge >= 0.3 is 0 Å². The SMILES string of the molecule is CC(C)c1ccc(CSc2nnc(SCC(=O)NCCc3cccs3)s2)cc1. The Morgan fingerprint density at radius 3 is 2.54 bits per heavy atom. The van der Waals surface area contributed by atoms with Gasteiger partial charge in [0.15, 0.2) is 8.68 Å². The third kappa shape index (κ3) is 6.92. The lowest BCUT2D eigenvalue weighted by atomic mass is 10.0. The average molecular weight is 450 g/mol. The van der Waals surface area contributed by atoms with Crippen molar-refractivity contribution >= 4 is 52.1 Å². The second-order valence-electron chi connectivity index (χ2n) is 6.49. The number of amides is 1. The molecule has 0 fully saturated rings. The third-order valence-electron chi connectivity index (χ3n) is 4.00. The molecule has 8 heteroatoms. The second-order valence-corrected chi connectivity index (χ2v) is 10.9. The molecule has 28 heavy (non-hydrogen) atoms. The number of nitrogens with one attached hydrogen (secondary N) is 1. The van der Waals surface area contributed by atoms with E-state index in [1.807, 2.05) is 6.07 Å². The molecule has 2 aromatic heterocycles. The van der Waals surface area contributed by atoms with Crippen molar-refractivity contribution < 1.29 is 4.79 Å². The number of hydrogen-bond donors (Lipinski definition) is 1. The maximum Gasteiger partial charge on any atom is 0.230 e. The van der Waals surface area contributed by atoms with Crippen LogP contribution < -0.4 is 5.32 Å². The van der Waals surface area contributed by atoms with Crippen LogP contribution in [-0.2, 0) is 17.0 Å². The number of nitrogens with zero attached hydrogens (tertiary/aromatic N) is 2. The van der Waals surface area contributed by atoms with Crippen LogP contribution in [0.25, 0.3) is 0 Å². The van der Waals surface area contributed by atoms with E-state index >= 15 is 0 Å². The van der Waals surface area contributed by atoms with E-state index in [9.17, 15) is 4.79 Å². The van der Waals surface area contributed by atoms with Crippen molar-refractivity contribution in [1.82, 2.24) is 15.5 Å². The van der Waals surface area contributed by atoms with Gasteiger partial charge in [0.2, 0.25) is 5.91 Å². The van der Waals surface area contributed by atoms with Crippen molar-refractivity contribution in [2.75, 3.05) is 12.3 Å². The molecule has 4 nitrogen and oxygen atoms in total. The van der Waals surface area contributed by atoms with E-state index in [-0.39, 0.29) is 5.91 Å². The zero-order valence-electron chi connectivity index (χ0n) is 15.9. The Hall–Kier alpha value is -1.35. The molecule has 3 aromatic rings. The number of carbonyl (C=O) groups is 1. The summed E-state index contributed by atoms with van der Waals surface area (Å²) in [4.78, 5) is 13.2. The summed E-state index contributed by atoms with van der Waals surface area (Å²) >= 11 is 6.40. The van der Waals surface area contributed by atoms with E-state index < -0.39 is 0 Å². The first-order chi connectivity index (χ1) is 13.6. The van der Waals surface area contributed by atoms with Gasteiger partial charge in [-0.2, -0.15) is 0 Å². The lowest BCUT2D eigenvalue weighted by molar-refractivity contribution is -0.118. The maximum atomic E-state index is 12.0. The summed E-state index contributed by atoms with van der Waals surface area (Å²) < 4.78 is 1.78. The summed E-state index contributed by atoms with van der Waals surface area (Å²) in [5, 5.41) is 13.4. The Bertz CT molecular complexity index is 860. The summed E-state index contributed by atoms with van der Waals surface area (Å²) in [5.41, 5.74) is 2.64. The van der Waals surface area contributed by atoms with Crippen LogP contribution in [0.1, 0.15) is 35.8 Å². The van der Waals surface area contributed by atoms with Gasteiger partial charge in [-0.15, -0.1) is 21.5 Å². The molecule has 0 aliphatic carbocycles.